The van der Waals surface area contributed by atoms with Crippen molar-refractivity contribution < 1.29 is 4.79 Å². The summed E-state index contributed by atoms with van der Waals surface area (Å²) in [6.07, 6.45) is 12.1. The molecule has 32 heavy (non-hydrogen) atoms. The van der Waals surface area contributed by atoms with E-state index in [1.54, 1.807) is 12.2 Å². The van der Waals surface area contributed by atoms with Gasteiger partial charge in [-0.25, -0.2) is 0 Å². The molecule has 5 heteroatoms. The molecule has 0 aliphatic heterocycles. The molecular formula is C27H22Cl4O. The van der Waals surface area contributed by atoms with E-state index in [-0.39, 0.29) is 5.78 Å². The molecule has 2 aromatic rings. The van der Waals surface area contributed by atoms with Crippen molar-refractivity contribution in [3.8, 4) is 0 Å². The Morgan fingerprint density at radius 3 is 1.34 bits per heavy atom. The van der Waals surface area contributed by atoms with Crippen LogP contribution in [0.2, 0.25) is 0 Å². The SMILES string of the molecule is O=C(C(C1=CCC(Cl)(Cl)C=C1)c1ccccc1)C(C1=CCC(Cl)(Cl)C=C1)c1ccccc1. The number of hydrogen-bond donors (Lipinski definition) is 0. The van der Waals surface area contributed by atoms with Gasteiger partial charge in [0.25, 0.3) is 0 Å². The van der Waals surface area contributed by atoms with E-state index in [1.165, 1.54) is 0 Å². The number of allylic oxidation sites excluding steroid dienone is 8. The molecule has 0 heterocycles. The van der Waals surface area contributed by atoms with E-state index in [0.29, 0.717) is 12.8 Å². The van der Waals surface area contributed by atoms with E-state index in [2.05, 4.69) is 0 Å². The molecule has 0 saturated heterocycles. The highest BCUT2D eigenvalue weighted by molar-refractivity contribution is 6.50. The van der Waals surface area contributed by atoms with Gasteiger partial charge in [0.2, 0.25) is 0 Å². The molecule has 0 saturated carbocycles. The second-order valence-electron chi connectivity index (χ2n) is 8.09. The molecule has 0 spiro atoms. The van der Waals surface area contributed by atoms with Crippen molar-refractivity contribution in [1.82, 2.24) is 0 Å². The molecule has 0 N–H and O–H groups in total. The van der Waals surface area contributed by atoms with Crippen molar-refractivity contribution in [3.05, 3.63) is 119 Å². The molecule has 2 atom stereocenters. The third-order valence-electron chi connectivity index (χ3n) is 5.76. The minimum atomic E-state index is -0.953. The first kappa shape index (κ1) is 23.4. The normalized spacial score (nSPS) is 20.8. The van der Waals surface area contributed by atoms with E-state index >= 15 is 0 Å². The molecular weight excluding hydrogens is 482 g/mol. The van der Waals surface area contributed by atoms with Gasteiger partial charge in [0, 0.05) is 12.8 Å². The van der Waals surface area contributed by atoms with Crippen LogP contribution in [0.1, 0.15) is 35.8 Å². The molecule has 0 aromatic heterocycles. The van der Waals surface area contributed by atoms with Crippen LogP contribution in [0, 0.1) is 0 Å². The largest absolute Gasteiger partial charge is 0.298 e. The van der Waals surface area contributed by atoms with E-state index in [9.17, 15) is 4.79 Å². The van der Waals surface area contributed by atoms with Crippen molar-refractivity contribution in [3.63, 3.8) is 0 Å². The van der Waals surface area contributed by atoms with Crippen LogP contribution in [-0.2, 0) is 4.79 Å². The standard InChI is InChI=1S/C27H22Cl4O/c28-26(29)15-11-21(12-16-26)23(19-7-3-1-4-8-19)25(32)24(20-9-5-2-6-10-20)22-13-17-27(30,31)18-14-22/h1-15,17,23-24H,16,18H2. The first-order chi connectivity index (χ1) is 15.3. The summed E-state index contributed by atoms with van der Waals surface area (Å²) in [5.74, 6) is -0.854. The molecule has 0 bridgehead atoms. The lowest BCUT2D eigenvalue weighted by atomic mass is 9.75. The van der Waals surface area contributed by atoms with Crippen LogP contribution in [0.3, 0.4) is 0 Å². The highest BCUT2D eigenvalue weighted by Crippen LogP contribution is 2.42. The molecule has 0 fully saturated rings. The number of carbonyl (C=O) groups is 1. The zero-order valence-corrected chi connectivity index (χ0v) is 20.3. The molecule has 2 unspecified atom stereocenters. The van der Waals surface area contributed by atoms with Gasteiger partial charge in [-0.2, -0.15) is 0 Å². The molecule has 0 radical (unpaired) electrons. The van der Waals surface area contributed by atoms with Crippen molar-refractivity contribution >= 4 is 52.2 Å². The summed E-state index contributed by atoms with van der Waals surface area (Å²) in [4.78, 5) is 14.3. The molecule has 1 nitrogen and oxygen atoms in total. The zero-order valence-electron chi connectivity index (χ0n) is 17.2. The van der Waals surface area contributed by atoms with Gasteiger partial charge in [-0.05, 0) is 34.4 Å². The summed E-state index contributed by atoms with van der Waals surface area (Å²) in [5, 5.41) is 0. The summed E-state index contributed by atoms with van der Waals surface area (Å²) < 4.78 is -1.91. The molecule has 2 aromatic carbocycles. The highest BCUT2D eigenvalue weighted by atomic mass is 35.5. The Balaban J connectivity index is 1.79. The molecule has 4 rings (SSSR count). The van der Waals surface area contributed by atoms with E-state index < -0.39 is 20.5 Å². The fraction of sp³-hybridized carbons (Fsp3) is 0.222. The van der Waals surface area contributed by atoms with Crippen LogP contribution in [0.25, 0.3) is 0 Å². The Hall–Kier alpha value is -1.77. The summed E-state index contributed by atoms with van der Waals surface area (Å²) >= 11 is 25.1. The minimum absolute atomic E-state index is 0.0717. The maximum absolute atomic E-state index is 14.3. The number of alkyl halides is 4. The lowest BCUT2D eigenvalue weighted by Gasteiger charge is -2.29. The maximum atomic E-state index is 14.3. The minimum Gasteiger partial charge on any atom is -0.298 e. The van der Waals surface area contributed by atoms with Crippen LogP contribution in [0.15, 0.2) is 108 Å². The van der Waals surface area contributed by atoms with Crippen molar-refractivity contribution in [2.24, 2.45) is 0 Å². The number of ketones is 1. The Bertz CT molecular complexity index is 1010. The van der Waals surface area contributed by atoms with Gasteiger partial charge >= 0.3 is 0 Å². The third kappa shape index (κ3) is 5.41. The molecule has 2 aliphatic carbocycles. The van der Waals surface area contributed by atoms with E-state index in [0.717, 1.165) is 22.3 Å². The van der Waals surface area contributed by atoms with Gasteiger partial charge in [-0.3, -0.25) is 4.79 Å². The van der Waals surface area contributed by atoms with Gasteiger partial charge in [0.05, 0.1) is 11.8 Å². The Labute approximate surface area is 209 Å². The zero-order chi connectivity index (χ0) is 22.8. The number of Topliss-reactive ketones (excluding diaryl/α,β-unsaturated/α-hetero) is 1. The summed E-state index contributed by atoms with van der Waals surface area (Å²) in [6, 6.07) is 19.6. The fourth-order valence-electron chi connectivity index (χ4n) is 4.14. The van der Waals surface area contributed by atoms with Crippen LogP contribution < -0.4 is 0 Å². The van der Waals surface area contributed by atoms with E-state index in [1.807, 2.05) is 85.0 Å². The lowest BCUT2D eigenvalue weighted by Crippen LogP contribution is -2.26. The predicted molar refractivity (Wildman–Crippen MR) is 136 cm³/mol. The number of hydrogen-bond acceptors (Lipinski definition) is 1. The predicted octanol–water partition coefficient (Wildman–Crippen LogP) is 8.24. The Morgan fingerprint density at radius 2 is 1.03 bits per heavy atom. The van der Waals surface area contributed by atoms with Crippen LogP contribution in [-0.4, -0.2) is 14.4 Å². The number of halogens is 4. The average Bonchev–Trinajstić information content (AvgIpc) is 2.78. The first-order valence-electron chi connectivity index (χ1n) is 10.4. The van der Waals surface area contributed by atoms with Crippen LogP contribution in [0.5, 0.6) is 0 Å². The van der Waals surface area contributed by atoms with Crippen LogP contribution >= 0.6 is 46.4 Å². The van der Waals surface area contributed by atoms with Crippen LogP contribution in [0.4, 0.5) is 0 Å². The van der Waals surface area contributed by atoms with Gasteiger partial charge in [-0.1, -0.05) is 131 Å². The summed E-state index contributed by atoms with van der Waals surface area (Å²) in [5.41, 5.74) is 3.64. The fourth-order valence-corrected chi connectivity index (χ4v) is 4.70. The Kier molecular flexibility index (Phi) is 7.03. The molecule has 164 valence electrons. The number of rotatable bonds is 6. The van der Waals surface area contributed by atoms with Gasteiger partial charge in [-0.15, -0.1) is 0 Å². The van der Waals surface area contributed by atoms with E-state index in [4.69, 9.17) is 46.4 Å². The monoisotopic (exact) mass is 502 g/mol. The number of carbonyl (C=O) groups excluding carboxylic acids is 1. The summed E-state index contributed by atoms with van der Waals surface area (Å²) in [6.45, 7) is 0. The quantitative estimate of drug-likeness (QED) is 0.362. The van der Waals surface area contributed by atoms with Gasteiger partial charge < -0.3 is 0 Å². The third-order valence-corrected chi connectivity index (χ3v) is 6.88. The highest BCUT2D eigenvalue weighted by Gasteiger charge is 2.36. The topological polar surface area (TPSA) is 17.1 Å². The second kappa shape index (κ2) is 9.61. The maximum Gasteiger partial charge on any atom is 0.156 e. The number of benzene rings is 2. The average molecular weight is 504 g/mol. The van der Waals surface area contributed by atoms with Crippen molar-refractivity contribution in [2.45, 2.75) is 33.3 Å². The first-order valence-corrected chi connectivity index (χ1v) is 11.9. The van der Waals surface area contributed by atoms with Gasteiger partial charge in [0.1, 0.15) is 8.67 Å². The summed E-state index contributed by atoms with van der Waals surface area (Å²) in [7, 11) is 0. The molecule has 2 aliphatic rings. The van der Waals surface area contributed by atoms with Gasteiger partial charge in [0.15, 0.2) is 5.78 Å². The second-order valence-corrected chi connectivity index (χ2v) is 11.2. The smallest absolute Gasteiger partial charge is 0.156 e. The lowest BCUT2D eigenvalue weighted by molar-refractivity contribution is -0.120. The van der Waals surface area contributed by atoms with Crippen molar-refractivity contribution in [2.75, 3.05) is 0 Å². The Morgan fingerprint density at radius 1 is 0.656 bits per heavy atom. The van der Waals surface area contributed by atoms with Crippen molar-refractivity contribution in [1.29, 1.82) is 0 Å². The molecule has 0 amide bonds.